The third-order valence-corrected chi connectivity index (χ3v) is 6.86. The number of para-hydroxylation sites is 1. The maximum Gasteiger partial charge on any atom is 0.216 e. The van der Waals surface area contributed by atoms with E-state index in [4.69, 9.17) is 9.84 Å². The summed E-state index contributed by atoms with van der Waals surface area (Å²) in [5.74, 6) is 0.0434. The summed E-state index contributed by atoms with van der Waals surface area (Å²) in [5, 5.41) is 6.64. The molecule has 2 aromatic rings. The number of hydrazone groups is 1. The monoisotopic (exact) mass is 385 g/mol. The van der Waals surface area contributed by atoms with Gasteiger partial charge in [-0.2, -0.15) is 9.41 Å². The Kier molecular flexibility index (Phi) is 5.24. The zero-order chi connectivity index (χ0) is 18.7. The van der Waals surface area contributed by atoms with E-state index in [-0.39, 0.29) is 11.8 Å². The molecule has 2 heterocycles. The highest BCUT2D eigenvalue weighted by Gasteiger charge is 2.35. The Morgan fingerprint density at radius 2 is 1.59 bits per heavy atom. The van der Waals surface area contributed by atoms with Crippen LogP contribution in [0.3, 0.4) is 0 Å². The van der Waals surface area contributed by atoms with Crippen molar-refractivity contribution in [2.24, 2.45) is 5.10 Å². The van der Waals surface area contributed by atoms with Crippen LogP contribution in [0.5, 0.6) is 0 Å². The number of morpholine rings is 1. The molecule has 0 unspecified atom stereocenters. The minimum absolute atomic E-state index is 0.0434. The Hall–Kier alpha value is -2.22. The molecular formula is C20H23N3O3S. The summed E-state index contributed by atoms with van der Waals surface area (Å²) < 4.78 is 32.7. The number of hydrogen-bond donors (Lipinski definition) is 0. The Labute approximate surface area is 160 Å². The molecular weight excluding hydrogens is 362 g/mol. The SMILES string of the molecule is O=S(=O)(C[C@H]1CC(c2ccccc2)=NN1c1ccccc1)N1CCOCC1. The van der Waals surface area contributed by atoms with Crippen LogP contribution in [0.2, 0.25) is 0 Å². The van der Waals surface area contributed by atoms with Gasteiger partial charge in [-0.15, -0.1) is 0 Å². The molecule has 0 spiro atoms. The molecule has 0 bridgehead atoms. The third kappa shape index (κ3) is 4.05. The molecule has 0 amide bonds. The zero-order valence-electron chi connectivity index (χ0n) is 15.1. The molecule has 2 aliphatic heterocycles. The topological polar surface area (TPSA) is 62.2 Å². The van der Waals surface area contributed by atoms with Crippen molar-refractivity contribution in [1.82, 2.24) is 4.31 Å². The lowest BCUT2D eigenvalue weighted by Crippen LogP contribution is -2.45. The van der Waals surface area contributed by atoms with Crippen molar-refractivity contribution in [2.75, 3.05) is 37.1 Å². The van der Waals surface area contributed by atoms with Crippen LogP contribution in [0, 0.1) is 0 Å². The quantitative estimate of drug-likeness (QED) is 0.793. The predicted octanol–water partition coefficient (Wildman–Crippen LogP) is 2.33. The van der Waals surface area contributed by atoms with Crippen molar-refractivity contribution in [2.45, 2.75) is 12.5 Å². The Balaban J connectivity index is 1.61. The van der Waals surface area contributed by atoms with Crippen LogP contribution in [0.4, 0.5) is 5.69 Å². The summed E-state index contributed by atoms with van der Waals surface area (Å²) in [5.41, 5.74) is 2.86. The molecule has 142 valence electrons. The fourth-order valence-electron chi connectivity index (χ4n) is 3.52. The van der Waals surface area contributed by atoms with Gasteiger partial charge in [0.15, 0.2) is 0 Å². The van der Waals surface area contributed by atoms with Gasteiger partial charge in [0, 0.05) is 19.5 Å². The van der Waals surface area contributed by atoms with Gasteiger partial charge < -0.3 is 4.74 Å². The zero-order valence-corrected chi connectivity index (χ0v) is 15.9. The average Bonchev–Trinajstić information content (AvgIpc) is 3.13. The number of rotatable bonds is 5. The summed E-state index contributed by atoms with van der Waals surface area (Å²) in [6, 6.07) is 19.5. The maximum atomic E-state index is 13.0. The number of nitrogens with zero attached hydrogens (tertiary/aromatic N) is 3. The molecule has 2 aromatic carbocycles. The number of ether oxygens (including phenoxy) is 1. The van der Waals surface area contributed by atoms with Crippen LogP contribution in [0.1, 0.15) is 12.0 Å². The average molecular weight is 385 g/mol. The van der Waals surface area contributed by atoms with Crippen LogP contribution in [-0.4, -0.2) is 56.5 Å². The van der Waals surface area contributed by atoms with Crippen molar-refractivity contribution in [3.63, 3.8) is 0 Å². The Morgan fingerprint density at radius 1 is 0.963 bits per heavy atom. The van der Waals surface area contributed by atoms with E-state index in [0.717, 1.165) is 17.0 Å². The van der Waals surface area contributed by atoms with Gasteiger partial charge in [-0.05, 0) is 17.7 Å². The molecule has 4 rings (SSSR count). The lowest BCUT2D eigenvalue weighted by molar-refractivity contribution is 0.0730. The lowest BCUT2D eigenvalue weighted by Gasteiger charge is -2.29. The molecule has 27 heavy (non-hydrogen) atoms. The second-order valence-electron chi connectivity index (χ2n) is 6.74. The number of hydrogen-bond acceptors (Lipinski definition) is 5. The van der Waals surface area contributed by atoms with E-state index in [9.17, 15) is 8.42 Å². The van der Waals surface area contributed by atoms with Crippen LogP contribution in [0.25, 0.3) is 0 Å². The number of benzene rings is 2. The standard InChI is InChI=1S/C20H23N3O3S/c24-27(25,22-11-13-26-14-12-22)16-19-15-20(17-7-3-1-4-8-17)21-23(19)18-9-5-2-6-10-18/h1-10,19H,11-16H2/t19-/m1/s1. The Bertz CT molecular complexity index is 895. The highest BCUT2D eigenvalue weighted by molar-refractivity contribution is 7.89. The molecule has 6 nitrogen and oxygen atoms in total. The first-order valence-electron chi connectivity index (χ1n) is 9.16. The second kappa shape index (κ2) is 7.80. The van der Waals surface area contributed by atoms with E-state index in [1.807, 2.05) is 65.7 Å². The minimum Gasteiger partial charge on any atom is -0.379 e. The highest BCUT2D eigenvalue weighted by atomic mass is 32.2. The normalized spacial score (nSPS) is 21.3. The smallest absolute Gasteiger partial charge is 0.216 e. The molecule has 7 heteroatoms. The molecule has 0 aliphatic carbocycles. The number of anilines is 1. The molecule has 2 aliphatic rings. The highest BCUT2D eigenvalue weighted by Crippen LogP contribution is 2.28. The van der Waals surface area contributed by atoms with Crippen molar-refractivity contribution < 1.29 is 13.2 Å². The fraction of sp³-hybridized carbons (Fsp3) is 0.350. The van der Waals surface area contributed by atoms with E-state index in [2.05, 4.69) is 0 Å². The van der Waals surface area contributed by atoms with E-state index in [0.29, 0.717) is 32.7 Å². The molecule has 0 saturated carbocycles. The van der Waals surface area contributed by atoms with E-state index in [1.54, 1.807) is 4.31 Å². The van der Waals surface area contributed by atoms with Crippen LogP contribution < -0.4 is 5.01 Å². The molecule has 0 radical (unpaired) electrons. The lowest BCUT2D eigenvalue weighted by atomic mass is 10.1. The van der Waals surface area contributed by atoms with Gasteiger partial charge in [-0.3, -0.25) is 5.01 Å². The molecule has 1 saturated heterocycles. The molecule has 1 atom stereocenters. The molecule has 0 N–H and O–H groups in total. The van der Waals surface area contributed by atoms with Crippen molar-refractivity contribution in [3.8, 4) is 0 Å². The third-order valence-electron chi connectivity index (χ3n) is 4.90. The first kappa shape index (κ1) is 18.2. The fourth-order valence-corrected chi connectivity index (χ4v) is 5.18. The van der Waals surface area contributed by atoms with Crippen molar-refractivity contribution in [1.29, 1.82) is 0 Å². The van der Waals surface area contributed by atoms with E-state index < -0.39 is 10.0 Å². The van der Waals surface area contributed by atoms with Gasteiger partial charge in [-0.25, -0.2) is 8.42 Å². The first-order valence-corrected chi connectivity index (χ1v) is 10.8. The maximum absolute atomic E-state index is 13.0. The van der Waals surface area contributed by atoms with Crippen LogP contribution in [0.15, 0.2) is 65.8 Å². The van der Waals surface area contributed by atoms with Crippen molar-refractivity contribution >= 4 is 21.4 Å². The summed E-state index contributed by atoms with van der Waals surface area (Å²) in [6.45, 7) is 1.76. The second-order valence-corrected chi connectivity index (χ2v) is 8.75. The molecule has 0 aromatic heterocycles. The van der Waals surface area contributed by atoms with Gasteiger partial charge in [0.2, 0.25) is 10.0 Å². The van der Waals surface area contributed by atoms with Crippen LogP contribution >= 0.6 is 0 Å². The van der Waals surface area contributed by atoms with Crippen LogP contribution in [-0.2, 0) is 14.8 Å². The van der Waals surface area contributed by atoms with E-state index in [1.165, 1.54) is 0 Å². The summed E-state index contributed by atoms with van der Waals surface area (Å²) >= 11 is 0. The van der Waals surface area contributed by atoms with Gasteiger partial charge in [0.05, 0.1) is 36.4 Å². The summed E-state index contributed by atoms with van der Waals surface area (Å²) in [7, 11) is -3.37. The van der Waals surface area contributed by atoms with Crippen molar-refractivity contribution in [3.05, 3.63) is 66.2 Å². The largest absolute Gasteiger partial charge is 0.379 e. The Morgan fingerprint density at radius 3 is 2.26 bits per heavy atom. The van der Waals surface area contributed by atoms with Gasteiger partial charge in [0.25, 0.3) is 0 Å². The van der Waals surface area contributed by atoms with E-state index >= 15 is 0 Å². The van der Waals surface area contributed by atoms with Gasteiger partial charge in [0.1, 0.15) is 0 Å². The summed E-state index contributed by atoms with van der Waals surface area (Å²) in [4.78, 5) is 0. The number of sulfonamides is 1. The predicted molar refractivity (Wildman–Crippen MR) is 106 cm³/mol. The first-order chi connectivity index (χ1) is 13.1. The van der Waals surface area contributed by atoms with Gasteiger partial charge in [-0.1, -0.05) is 48.5 Å². The minimum atomic E-state index is -3.37. The van der Waals surface area contributed by atoms with Gasteiger partial charge >= 0.3 is 0 Å². The summed E-state index contributed by atoms with van der Waals surface area (Å²) in [6.07, 6.45) is 0.600. The molecule has 1 fully saturated rings.